The third-order valence-corrected chi connectivity index (χ3v) is 2.59. The number of hydrogen-bond acceptors (Lipinski definition) is 2. The molecule has 0 aliphatic heterocycles. The number of thiazole rings is 1. The van der Waals surface area contributed by atoms with E-state index in [2.05, 4.69) is 30.1 Å². The Kier molecular flexibility index (Phi) is 3.90. The number of allylic oxidation sites excluding steroid dienone is 3. The molecule has 1 aromatic heterocycles. The van der Waals surface area contributed by atoms with Crippen LogP contribution in [0.1, 0.15) is 37.8 Å². The predicted octanol–water partition coefficient (Wildman–Crippen LogP) is 3.99. The van der Waals surface area contributed by atoms with Gasteiger partial charge in [0.05, 0.1) is 16.1 Å². The van der Waals surface area contributed by atoms with Crippen LogP contribution >= 0.6 is 11.3 Å². The molecule has 0 saturated carbocycles. The highest BCUT2D eigenvalue weighted by atomic mass is 32.1. The van der Waals surface area contributed by atoms with Gasteiger partial charge in [0.1, 0.15) is 0 Å². The Morgan fingerprint density at radius 1 is 1.38 bits per heavy atom. The molecule has 1 nitrogen and oxygen atoms in total. The Hall–Kier alpha value is -0.890. The van der Waals surface area contributed by atoms with E-state index in [1.165, 1.54) is 10.5 Å². The van der Waals surface area contributed by atoms with E-state index in [0.717, 1.165) is 12.1 Å². The van der Waals surface area contributed by atoms with Gasteiger partial charge in [-0.25, -0.2) is 4.98 Å². The van der Waals surface area contributed by atoms with E-state index < -0.39 is 0 Å². The van der Waals surface area contributed by atoms with Crippen molar-refractivity contribution in [3.8, 4) is 0 Å². The molecule has 0 spiro atoms. The van der Waals surface area contributed by atoms with Crippen LogP contribution in [0.15, 0.2) is 17.7 Å². The van der Waals surface area contributed by atoms with E-state index in [1.807, 2.05) is 19.4 Å². The van der Waals surface area contributed by atoms with Gasteiger partial charge in [0.25, 0.3) is 0 Å². The molecule has 0 bridgehead atoms. The third-order valence-electron chi connectivity index (χ3n) is 1.80. The largest absolute Gasteiger partial charge is 0.244 e. The monoisotopic (exact) mass is 193 g/mol. The zero-order valence-electron chi connectivity index (χ0n) is 8.37. The third kappa shape index (κ3) is 2.28. The molecule has 1 heterocycles. The number of aromatic nitrogens is 1. The minimum absolute atomic E-state index is 1.04. The van der Waals surface area contributed by atoms with Crippen molar-refractivity contribution in [3.63, 3.8) is 0 Å². The van der Waals surface area contributed by atoms with Crippen molar-refractivity contribution in [2.75, 3.05) is 0 Å². The highest BCUT2D eigenvalue weighted by molar-refractivity contribution is 7.10. The quantitative estimate of drug-likeness (QED) is 0.607. The highest BCUT2D eigenvalue weighted by Crippen LogP contribution is 2.25. The Bertz CT molecular complexity index is 321. The van der Waals surface area contributed by atoms with Crippen LogP contribution < -0.4 is 0 Å². The molecule has 0 saturated heterocycles. The maximum Gasteiger partial charge on any atom is 0.0837 e. The summed E-state index contributed by atoms with van der Waals surface area (Å²) in [6, 6.07) is 0. The summed E-state index contributed by atoms with van der Waals surface area (Å²) in [6.07, 6.45) is 7.57. The van der Waals surface area contributed by atoms with Crippen molar-refractivity contribution >= 4 is 23.0 Å². The van der Waals surface area contributed by atoms with Crippen molar-refractivity contribution in [2.45, 2.75) is 27.2 Å². The zero-order chi connectivity index (χ0) is 9.68. The van der Waals surface area contributed by atoms with Crippen molar-refractivity contribution in [3.05, 3.63) is 28.2 Å². The van der Waals surface area contributed by atoms with E-state index >= 15 is 0 Å². The first-order valence-electron chi connectivity index (χ1n) is 4.65. The zero-order valence-corrected chi connectivity index (χ0v) is 9.19. The second-order valence-corrected chi connectivity index (χ2v) is 3.48. The fourth-order valence-corrected chi connectivity index (χ4v) is 1.96. The van der Waals surface area contributed by atoms with E-state index in [4.69, 9.17) is 0 Å². The second kappa shape index (κ2) is 4.97. The average molecular weight is 193 g/mol. The van der Waals surface area contributed by atoms with Crippen LogP contribution in [0.5, 0.6) is 0 Å². The summed E-state index contributed by atoms with van der Waals surface area (Å²) in [5.41, 5.74) is 4.35. The molecule has 1 aliphatic carbocycles. The van der Waals surface area contributed by atoms with Gasteiger partial charge in [-0.05, 0) is 25.0 Å². The van der Waals surface area contributed by atoms with Gasteiger partial charge >= 0.3 is 0 Å². The minimum Gasteiger partial charge on any atom is -0.244 e. The summed E-state index contributed by atoms with van der Waals surface area (Å²) in [5, 5.41) is 0. The Morgan fingerprint density at radius 3 is 2.92 bits per heavy atom. The minimum atomic E-state index is 1.04. The van der Waals surface area contributed by atoms with Crippen LogP contribution in [0.3, 0.4) is 0 Å². The van der Waals surface area contributed by atoms with Crippen LogP contribution in [-0.2, 0) is 0 Å². The van der Waals surface area contributed by atoms with Crippen LogP contribution in [-0.4, -0.2) is 4.98 Å². The number of nitrogens with zero attached hydrogens (tertiary/aromatic N) is 1. The standard InChI is InChI=1S/C9H9NS.C2H6/c1-7-4-2-3-5-8-9(7)10-6-11-8;1-2/h3-6H,2H2,1H3;1-2H3. The van der Waals surface area contributed by atoms with Gasteiger partial charge in [0.2, 0.25) is 0 Å². The summed E-state index contributed by atoms with van der Waals surface area (Å²) in [5.74, 6) is 0. The summed E-state index contributed by atoms with van der Waals surface area (Å²) in [7, 11) is 0. The molecule has 0 radical (unpaired) electrons. The van der Waals surface area contributed by atoms with Gasteiger partial charge < -0.3 is 0 Å². The van der Waals surface area contributed by atoms with Gasteiger partial charge in [-0.2, -0.15) is 0 Å². The average Bonchev–Trinajstić information content (AvgIpc) is 2.57. The number of rotatable bonds is 0. The lowest BCUT2D eigenvalue weighted by Gasteiger charge is -1.93. The van der Waals surface area contributed by atoms with Crippen molar-refractivity contribution in [1.82, 2.24) is 4.98 Å². The van der Waals surface area contributed by atoms with Crippen LogP contribution in [0.4, 0.5) is 0 Å². The first kappa shape index (κ1) is 10.2. The molecule has 0 unspecified atom stereocenters. The maximum absolute atomic E-state index is 4.30. The van der Waals surface area contributed by atoms with Crippen LogP contribution in [0, 0.1) is 0 Å². The van der Waals surface area contributed by atoms with Crippen LogP contribution in [0.25, 0.3) is 11.6 Å². The van der Waals surface area contributed by atoms with E-state index in [-0.39, 0.29) is 0 Å². The SMILES string of the molecule is CC.CC1=CCC=Cc2scnc21. The summed E-state index contributed by atoms with van der Waals surface area (Å²) in [4.78, 5) is 5.58. The summed E-state index contributed by atoms with van der Waals surface area (Å²) < 4.78 is 0. The maximum atomic E-state index is 4.30. The van der Waals surface area contributed by atoms with E-state index in [0.29, 0.717) is 0 Å². The van der Waals surface area contributed by atoms with E-state index in [9.17, 15) is 0 Å². The predicted molar refractivity (Wildman–Crippen MR) is 60.8 cm³/mol. The Morgan fingerprint density at radius 2 is 2.15 bits per heavy atom. The molecule has 1 aromatic rings. The summed E-state index contributed by atoms with van der Waals surface area (Å²) >= 11 is 1.70. The highest BCUT2D eigenvalue weighted by Gasteiger charge is 2.06. The van der Waals surface area contributed by atoms with E-state index in [1.54, 1.807) is 11.3 Å². The molecule has 0 amide bonds. The summed E-state index contributed by atoms with van der Waals surface area (Å²) in [6.45, 7) is 6.12. The molecule has 0 N–H and O–H groups in total. The molecular formula is C11H15NS. The first-order valence-corrected chi connectivity index (χ1v) is 5.53. The lowest BCUT2D eigenvalue weighted by Crippen LogP contribution is -1.79. The molecule has 13 heavy (non-hydrogen) atoms. The molecule has 0 fully saturated rings. The van der Waals surface area contributed by atoms with Crippen molar-refractivity contribution in [1.29, 1.82) is 0 Å². The molecular weight excluding hydrogens is 178 g/mol. The van der Waals surface area contributed by atoms with Gasteiger partial charge in [-0.1, -0.05) is 26.0 Å². The van der Waals surface area contributed by atoms with Crippen molar-refractivity contribution < 1.29 is 0 Å². The van der Waals surface area contributed by atoms with Crippen LogP contribution in [0.2, 0.25) is 0 Å². The molecule has 0 atom stereocenters. The Labute approximate surface area is 83.8 Å². The van der Waals surface area contributed by atoms with Gasteiger partial charge in [0.15, 0.2) is 0 Å². The molecule has 70 valence electrons. The normalized spacial score (nSPS) is 13.6. The van der Waals surface area contributed by atoms with Gasteiger partial charge in [0, 0.05) is 0 Å². The second-order valence-electron chi connectivity index (χ2n) is 2.59. The molecule has 1 aliphatic rings. The lowest BCUT2D eigenvalue weighted by atomic mass is 10.2. The fourth-order valence-electron chi connectivity index (χ4n) is 1.19. The van der Waals surface area contributed by atoms with Crippen molar-refractivity contribution in [2.24, 2.45) is 0 Å². The molecule has 2 rings (SSSR count). The fraction of sp³-hybridized carbons (Fsp3) is 0.364. The lowest BCUT2D eigenvalue weighted by molar-refractivity contribution is 1.32. The smallest absolute Gasteiger partial charge is 0.0837 e. The number of fused-ring (bicyclic) bond motifs is 1. The molecule has 0 aromatic carbocycles. The Balaban J connectivity index is 0.000000396. The van der Waals surface area contributed by atoms with Gasteiger partial charge in [-0.3, -0.25) is 0 Å². The molecule has 2 heteroatoms. The topological polar surface area (TPSA) is 12.9 Å². The van der Waals surface area contributed by atoms with Gasteiger partial charge in [-0.15, -0.1) is 11.3 Å². The number of hydrogen-bond donors (Lipinski definition) is 0. The first-order chi connectivity index (χ1) is 6.38.